The van der Waals surface area contributed by atoms with Crippen LogP contribution in [0.4, 0.5) is 4.39 Å². The summed E-state index contributed by atoms with van der Waals surface area (Å²) < 4.78 is 14.3. The Kier molecular flexibility index (Phi) is 4.61. The molecule has 0 aromatic heterocycles. The van der Waals surface area contributed by atoms with Gasteiger partial charge < -0.3 is 5.32 Å². The van der Waals surface area contributed by atoms with Gasteiger partial charge in [-0.2, -0.15) is 0 Å². The predicted molar refractivity (Wildman–Crippen MR) is 85.7 cm³/mol. The average Bonchev–Trinajstić information content (AvgIpc) is 2.37. The van der Waals surface area contributed by atoms with Crippen molar-refractivity contribution in [1.82, 2.24) is 5.32 Å². The fraction of sp³-hybridized carbons (Fsp3) is 0.294. The molecule has 0 spiro atoms. The van der Waals surface area contributed by atoms with E-state index in [0.29, 0.717) is 4.47 Å². The lowest BCUT2D eigenvalue weighted by Gasteiger charge is -2.23. The van der Waals surface area contributed by atoms with Gasteiger partial charge in [-0.25, -0.2) is 4.39 Å². The largest absolute Gasteiger partial charge is 0.309 e. The van der Waals surface area contributed by atoms with Gasteiger partial charge in [-0.05, 0) is 72.1 Å². The third-order valence-electron chi connectivity index (χ3n) is 3.61. The van der Waals surface area contributed by atoms with E-state index in [9.17, 15) is 4.39 Å². The van der Waals surface area contributed by atoms with Crippen LogP contribution in [-0.4, -0.2) is 7.05 Å². The third kappa shape index (κ3) is 2.79. The summed E-state index contributed by atoms with van der Waals surface area (Å²) in [6.45, 7) is 6.30. The average molecular weight is 336 g/mol. The molecule has 2 rings (SSSR count). The topological polar surface area (TPSA) is 12.0 Å². The van der Waals surface area contributed by atoms with Gasteiger partial charge in [0.2, 0.25) is 0 Å². The summed E-state index contributed by atoms with van der Waals surface area (Å²) in [5, 5.41) is 3.31. The second-order valence-corrected chi connectivity index (χ2v) is 5.97. The van der Waals surface area contributed by atoms with E-state index in [4.69, 9.17) is 0 Å². The molecule has 0 radical (unpaired) electrons. The van der Waals surface area contributed by atoms with Crippen LogP contribution in [0.15, 0.2) is 34.8 Å². The molecule has 2 aromatic rings. The Bertz CT molecular complexity index is 614. The number of nitrogens with one attached hydrogen (secondary N) is 1. The Morgan fingerprint density at radius 3 is 2.25 bits per heavy atom. The second-order valence-electron chi connectivity index (χ2n) is 5.18. The molecule has 3 heteroatoms. The predicted octanol–water partition coefficient (Wildman–Crippen LogP) is 4.82. The molecular weight excluding hydrogens is 317 g/mol. The molecule has 2 aromatic carbocycles. The van der Waals surface area contributed by atoms with Crippen LogP contribution >= 0.6 is 15.9 Å². The van der Waals surface area contributed by atoms with Crippen molar-refractivity contribution in [2.75, 3.05) is 7.05 Å². The maximum Gasteiger partial charge on any atom is 0.137 e. The highest BCUT2D eigenvalue weighted by Crippen LogP contribution is 2.33. The first kappa shape index (κ1) is 15.2. The third-order valence-corrected chi connectivity index (χ3v) is 4.44. The summed E-state index contributed by atoms with van der Waals surface area (Å²) in [5.41, 5.74) is 5.82. The SMILES string of the molecule is CNC(c1cccc(F)c1Br)c1c(C)cc(C)cc1C. The number of rotatable bonds is 3. The first-order chi connectivity index (χ1) is 9.45. The van der Waals surface area contributed by atoms with Crippen molar-refractivity contribution in [3.8, 4) is 0 Å². The van der Waals surface area contributed by atoms with E-state index in [0.717, 1.165) is 5.56 Å². The van der Waals surface area contributed by atoms with Crippen molar-refractivity contribution in [2.24, 2.45) is 0 Å². The van der Waals surface area contributed by atoms with Gasteiger partial charge in [0.15, 0.2) is 0 Å². The normalized spacial score (nSPS) is 12.5. The van der Waals surface area contributed by atoms with Gasteiger partial charge in [-0.3, -0.25) is 0 Å². The van der Waals surface area contributed by atoms with Crippen molar-refractivity contribution in [2.45, 2.75) is 26.8 Å². The zero-order chi connectivity index (χ0) is 14.9. The summed E-state index contributed by atoms with van der Waals surface area (Å²) in [4.78, 5) is 0. The molecule has 20 heavy (non-hydrogen) atoms. The zero-order valence-corrected chi connectivity index (χ0v) is 13.8. The molecule has 1 N–H and O–H groups in total. The van der Waals surface area contributed by atoms with Crippen molar-refractivity contribution in [3.05, 3.63) is 68.4 Å². The fourth-order valence-electron chi connectivity index (χ4n) is 2.85. The van der Waals surface area contributed by atoms with Crippen molar-refractivity contribution >= 4 is 15.9 Å². The summed E-state index contributed by atoms with van der Waals surface area (Å²) in [6.07, 6.45) is 0. The van der Waals surface area contributed by atoms with Crippen LogP contribution in [0.1, 0.15) is 33.9 Å². The molecule has 0 bridgehead atoms. The van der Waals surface area contributed by atoms with Crippen molar-refractivity contribution in [1.29, 1.82) is 0 Å². The Balaban J connectivity index is 2.62. The molecular formula is C17H19BrFN. The highest BCUT2D eigenvalue weighted by Gasteiger charge is 2.20. The molecule has 0 fully saturated rings. The summed E-state index contributed by atoms with van der Waals surface area (Å²) in [7, 11) is 1.90. The molecule has 1 unspecified atom stereocenters. The summed E-state index contributed by atoms with van der Waals surface area (Å²) in [5.74, 6) is -0.231. The minimum absolute atomic E-state index is 0.0272. The molecule has 106 valence electrons. The molecule has 0 aliphatic rings. The Labute approximate surface area is 128 Å². The van der Waals surface area contributed by atoms with Gasteiger partial charge in [-0.1, -0.05) is 29.8 Å². The van der Waals surface area contributed by atoms with Crippen LogP contribution in [-0.2, 0) is 0 Å². The quantitative estimate of drug-likeness (QED) is 0.847. The number of hydrogen-bond donors (Lipinski definition) is 1. The Morgan fingerprint density at radius 1 is 1.10 bits per heavy atom. The molecule has 0 aliphatic carbocycles. The van der Waals surface area contributed by atoms with E-state index < -0.39 is 0 Å². The highest BCUT2D eigenvalue weighted by atomic mass is 79.9. The Hall–Kier alpha value is -1.19. The lowest BCUT2D eigenvalue weighted by atomic mass is 9.90. The zero-order valence-electron chi connectivity index (χ0n) is 12.2. The molecule has 0 heterocycles. The van der Waals surface area contributed by atoms with Crippen LogP contribution in [0.3, 0.4) is 0 Å². The van der Waals surface area contributed by atoms with E-state index in [2.05, 4.69) is 54.2 Å². The molecule has 1 nitrogen and oxygen atoms in total. The summed E-state index contributed by atoms with van der Waals surface area (Å²) >= 11 is 3.37. The van der Waals surface area contributed by atoms with Gasteiger partial charge in [-0.15, -0.1) is 0 Å². The van der Waals surface area contributed by atoms with E-state index in [-0.39, 0.29) is 11.9 Å². The molecule has 0 saturated carbocycles. The minimum atomic E-state index is -0.231. The maximum absolute atomic E-state index is 13.8. The molecule has 0 aliphatic heterocycles. The molecule has 0 saturated heterocycles. The molecule has 0 amide bonds. The van der Waals surface area contributed by atoms with Gasteiger partial charge >= 0.3 is 0 Å². The number of benzene rings is 2. The lowest BCUT2D eigenvalue weighted by molar-refractivity contribution is 0.607. The minimum Gasteiger partial charge on any atom is -0.309 e. The van der Waals surface area contributed by atoms with Crippen LogP contribution in [0, 0.1) is 26.6 Å². The van der Waals surface area contributed by atoms with Gasteiger partial charge in [0.1, 0.15) is 5.82 Å². The molecule has 1 atom stereocenters. The first-order valence-electron chi connectivity index (χ1n) is 6.64. The van der Waals surface area contributed by atoms with Crippen LogP contribution in [0.5, 0.6) is 0 Å². The van der Waals surface area contributed by atoms with Crippen molar-refractivity contribution in [3.63, 3.8) is 0 Å². The van der Waals surface area contributed by atoms with Gasteiger partial charge in [0, 0.05) is 0 Å². The number of hydrogen-bond acceptors (Lipinski definition) is 1. The van der Waals surface area contributed by atoms with Gasteiger partial charge in [0.25, 0.3) is 0 Å². The number of halogens is 2. The monoisotopic (exact) mass is 335 g/mol. The first-order valence-corrected chi connectivity index (χ1v) is 7.44. The fourth-order valence-corrected chi connectivity index (χ4v) is 3.34. The highest BCUT2D eigenvalue weighted by molar-refractivity contribution is 9.10. The van der Waals surface area contributed by atoms with E-state index in [1.54, 1.807) is 6.07 Å². The van der Waals surface area contributed by atoms with Gasteiger partial charge in [0.05, 0.1) is 10.5 Å². The van der Waals surface area contributed by atoms with Crippen LogP contribution in [0.2, 0.25) is 0 Å². The van der Waals surface area contributed by atoms with E-state index in [1.165, 1.54) is 28.3 Å². The maximum atomic E-state index is 13.8. The standard InChI is InChI=1S/C17H19BrFN/c1-10-8-11(2)15(12(3)9-10)17(20-4)13-6-5-7-14(19)16(13)18/h5-9,17,20H,1-4H3. The van der Waals surface area contributed by atoms with E-state index >= 15 is 0 Å². The number of aryl methyl sites for hydroxylation is 3. The summed E-state index contributed by atoms with van der Waals surface area (Å²) in [6, 6.07) is 9.47. The van der Waals surface area contributed by atoms with Crippen LogP contribution < -0.4 is 5.32 Å². The van der Waals surface area contributed by atoms with E-state index in [1.807, 2.05) is 13.1 Å². The Morgan fingerprint density at radius 2 is 1.70 bits per heavy atom. The van der Waals surface area contributed by atoms with Crippen molar-refractivity contribution < 1.29 is 4.39 Å². The smallest absolute Gasteiger partial charge is 0.137 e. The van der Waals surface area contributed by atoms with Crippen LogP contribution in [0.25, 0.3) is 0 Å². The second kappa shape index (κ2) is 6.06. The lowest BCUT2D eigenvalue weighted by Crippen LogP contribution is -2.20.